The fourth-order valence-electron chi connectivity index (χ4n) is 1.72. The third kappa shape index (κ3) is 2.64. The summed E-state index contributed by atoms with van der Waals surface area (Å²) < 4.78 is 27.6. The zero-order valence-corrected chi connectivity index (χ0v) is 12.7. The Labute approximate surface area is 121 Å². The van der Waals surface area contributed by atoms with Crippen LogP contribution in [0.5, 0.6) is 0 Å². The van der Waals surface area contributed by atoms with E-state index >= 15 is 0 Å². The quantitative estimate of drug-likeness (QED) is 0.606. The minimum absolute atomic E-state index is 0.256. The number of hydrogen-bond acceptors (Lipinski definition) is 0. The van der Waals surface area contributed by atoms with Gasteiger partial charge in [0.2, 0.25) is 0 Å². The largest absolute Gasteiger partial charge is 0.207 e. The van der Waals surface area contributed by atoms with E-state index in [2.05, 4.69) is 31.9 Å². The SMILES string of the molecule is Cc1cc(C(Br)c2cccc(Br)c2F)ccc1F. The lowest BCUT2D eigenvalue weighted by atomic mass is 10.0. The van der Waals surface area contributed by atoms with Gasteiger partial charge in [-0.15, -0.1) is 0 Å². The lowest BCUT2D eigenvalue weighted by Crippen LogP contribution is -1.98. The monoisotopic (exact) mass is 374 g/mol. The minimum atomic E-state index is -0.304. The molecule has 0 nitrogen and oxygen atoms in total. The Hall–Kier alpha value is -0.740. The first-order valence-electron chi connectivity index (χ1n) is 5.34. The molecule has 0 heterocycles. The van der Waals surface area contributed by atoms with Gasteiger partial charge in [0.05, 0.1) is 9.30 Å². The lowest BCUT2D eigenvalue weighted by molar-refractivity contribution is 0.606. The maximum absolute atomic E-state index is 14.0. The van der Waals surface area contributed by atoms with Crippen molar-refractivity contribution in [2.75, 3.05) is 0 Å². The molecule has 0 aliphatic carbocycles. The highest BCUT2D eigenvalue weighted by Gasteiger charge is 2.17. The highest BCUT2D eigenvalue weighted by molar-refractivity contribution is 9.10. The molecule has 94 valence electrons. The van der Waals surface area contributed by atoms with Gasteiger partial charge in [-0.2, -0.15) is 0 Å². The van der Waals surface area contributed by atoms with Crippen molar-refractivity contribution in [1.29, 1.82) is 0 Å². The zero-order chi connectivity index (χ0) is 13.3. The summed E-state index contributed by atoms with van der Waals surface area (Å²) in [4.78, 5) is -0.297. The molecular formula is C14H10Br2F2. The number of hydrogen-bond donors (Lipinski definition) is 0. The molecule has 1 atom stereocenters. The van der Waals surface area contributed by atoms with Crippen LogP contribution in [0.15, 0.2) is 40.9 Å². The molecule has 0 amide bonds. The molecule has 2 rings (SSSR count). The van der Waals surface area contributed by atoms with Crippen LogP contribution in [0, 0.1) is 18.6 Å². The van der Waals surface area contributed by atoms with Gasteiger partial charge >= 0.3 is 0 Å². The topological polar surface area (TPSA) is 0 Å². The van der Waals surface area contributed by atoms with Gasteiger partial charge in [0.1, 0.15) is 11.6 Å². The highest BCUT2D eigenvalue weighted by atomic mass is 79.9. The molecule has 4 heteroatoms. The van der Waals surface area contributed by atoms with Crippen LogP contribution < -0.4 is 0 Å². The van der Waals surface area contributed by atoms with E-state index < -0.39 is 0 Å². The number of alkyl halides is 1. The first kappa shape index (κ1) is 13.7. The third-order valence-corrected chi connectivity index (χ3v) is 4.36. The van der Waals surface area contributed by atoms with Gasteiger partial charge in [-0.05, 0) is 46.1 Å². The van der Waals surface area contributed by atoms with E-state index in [0.29, 0.717) is 15.6 Å². The Kier molecular flexibility index (Phi) is 4.17. The van der Waals surface area contributed by atoms with Gasteiger partial charge in [0, 0.05) is 5.56 Å². The van der Waals surface area contributed by atoms with Gasteiger partial charge in [-0.1, -0.05) is 40.2 Å². The van der Waals surface area contributed by atoms with Crippen LogP contribution in [0.25, 0.3) is 0 Å². The number of aryl methyl sites for hydroxylation is 1. The number of benzene rings is 2. The van der Waals surface area contributed by atoms with Crippen molar-refractivity contribution in [3.8, 4) is 0 Å². The number of halogens is 4. The zero-order valence-electron chi connectivity index (χ0n) is 9.55. The Bertz CT molecular complexity index is 582. The molecule has 0 N–H and O–H groups in total. The van der Waals surface area contributed by atoms with Crippen LogP contribution in [-0.4, -0.2) is 0 Å². The molecule has 0 spiro atoms. The molecule has 0 bridgehead atoms. The molecule has 0 saturated carbocycles. The summed E-state index contributed by atoms with van der Waals surface area (Å²) in [6.07, 6.45) is 0. The van der Waals surface area contributed by atoms with E-state index in [1.807, 2.05) is 0 Å². The normalized spacial score (nSPS) is 12.5. The Morgan fingerprint density at radius 1 is 1.11 bits per heavy atom. The van der Waals surface area contributed by atoms with Crippen LogP contribution >= 0.6 is 31.9 Å². The van der Waals surface area contributed by atoms with E-state index in [0.717, 1.165) is 5.56 Å². The molecule has 0 radical (unpaired) electrons. The van der Waals surface area contributed by atoms with Crippen molar-refractivity contribution in [3.05, 3.63) is 69.2 Å². The predicted molar refractivity (Wildman–Crippen MR) is 76.0 cm³/mol. The Balaban J connectivity index is 2.44. The van der Waals surface area contributed by atoms with Gasteiger partial charge < -0.3 is 0 Å². The average molecular weight is 376 g/mol. The maximum Gasteiger partial charge on any atom is 0.142 e. The lowest BCUT2D eigenvalue weighted by Gasteiger charge is -2.13. The van der Waals surface area contributed by atoms with Crippen molar-refractivity contribution in [2.24, 2.45) is 0 Å². The van der Waals surface area contributed by atoms with E-state index in [4.69, 9.17) is 0 Å². The van der Waals surface area contributed by atoms with Gasteiger partial charge in [0.25, 0.3) is 0 Å². The summed E-state index contributed by atoms with van der Waals surface area (Å²) in [5, 5.41) is 0. The smallest absolute Gasteiger partial charge is 0.142 e. The molecule has 0 aliphatic rings. The molecule has 1 unspecified atom stereocenters. The van der Waals surface area contributed by atoms with Gasteiger partial charge in [-0.3, -0.25) is 0 Å². The van der Waals surface area contributed by atoms with Crippen molar-refractivity contribution in [2.45, 2.75) is 11.8 Å². The van der Waals surface area contributed by atoms with Crippen molar-refractivity contribution in [1.82, 2.24) is 0 Å². The summed E-state index contributed by atoms with van der Waals surface area (Å²) in [5.41, 5.74) is 1.90. The van der Waals surface area contributed by atoms with Crippen molar-refractivity contribution in [3.63, 3.8) is 0 Å². The van der Waals surface area contributed by atoms with E-state index in [1.165, 1.54) is 6.07 Å². The second-order valence-electron chi connectivity index (χ2n) is 4.01. The maximum atomic E-state index is 14.0. The fraction of sp³-hybridized carbons (Fsp3) is 0.143. The average Bonchev–Trinajstić information content (AvgIpc) is 2.35. The van der Waals surface area contributed by atoms with Crippen LogP contribution in [0.2, 0.25) is 0 Å². The molecule has 0 saturated heterocycles. The van der Waals surface area contributed by atoms with E-state index in [1.54, 1.807) is 37.3 Å². The van der Waals surface area contributed by atoms with Crippen molar-refractivity contribution < 1.29 is 8.78 Å². The molecule has 0 fully saturated rings. The van der Waals surface area contributed by atoms with E-state index in [9.17, 15) is 8.78 Å². The molecule has 0 aromatic heterocycles. The third-order valence-electron chi connectivity index (χ3n) is 2.73. The minimum Gasteiger partial charge on any atom is -0.207 e. The van der Waals surface area contributed by atoms with E-state index in [-0.39, 0.29) is 16.5 Å². The molecular weight excluding hydrogens is 366 g/mol. The fourth-order valence-corrected chi connectivity index (χ4v) is 2.74. The highest BCUT2D eigenvalue weighted by Crippen LogP contribution is 2.35. The second kappa shape index (κ2) is 5.49. The Morgan fingerprint density at radius 2 is 1.83 bits per heavy atom. The summed E-state index contributed by atoms with van der Waals surface area (Å²) in [6, 6.07) is 9.89. The van der Waals surface area contributed by atoms with Crippen LogP contribution in [0.3, 0.4) is 0 Å². The summed E-state index contributed by atoms with van der Waals surface area (Å²) in [5.74, 6) is -0.561. The summed E-state index contributed by atoms with van der Waals surface area (Å²) >= 11 is 6.61. The molecule has 0 aliphatic heterocycles. The first-order chi connectivity index (χ1) is 8.50. The van der Waals surface area contributed by atoms with Crippen LogP contribution in [-0.2, 0) is 0 Å². The standard InChI is InChI=1S/C14H10Br2F2/c1-8-7-9(5-6-12(8)17)13(16)10-3-2-4-11(15)14(10)18/h2-7,13H,1H3. The van der Waals surface area contributed by atoms with Gasteiger partial charge in [0.15, 0.2) is 0 Å². The van der Waals surface area contributed by atoms with Gasteiger partial charge in [-0.25, -0.2) is 8.78 Å². The summed E-state index contributed by atoms with van der Waals surface area (Å²) in [6.45, 7) is 1.69. The predicted octanol–water partition coefficient (Wildman–Crippen LogP) is 5.52. The first-order valence-corrected chi connectivity index (χ1v) is 7.05. The number of rotatable bonds is 2. The summed E-state index contributed by atoms with van der Waals surface area (Å²) in [7, 11) is 0. The Morgan fingerprint density at radius 3 is 2.50 bits per heavy atom. The molecule has 18 heavy (non-hydrogen) atoms. The van der Waals surface area contributed by atoms with Crippen LogP contribution in [0.1, 0.15) is 21.5 Å². The second-order valence-corrected chi connectivity index (χ2v) is 5.78. The molecule has 2 aromatic carbocycles. The van der Waals surface area contributed by atoms with Crippen molar-refractivity contribution >= 4 is 31.9 Å². The molecule has 2 aromatic rings. The van der Waals surface area contributed by atoms with Crippen LogP contribution in [0.4, 0.5) is 8.78 Å².